The third-order valence-electron chi connectivity index (χ3n) is 6.60. The average molecular weight is 480 g/mol. The first-order valence-corrected chi connectivity index (χ1v) is 11.6. The highest BCUT2D eigenvalue weighted by atomic mass is 16.2. The number of guanidine groups is 1. The Hall–Kier alpha value is -4.84. The van der Waals surface area contributed by atoms with Crippen molar-refractivity contribution in [3.05, 3.63) is 72.1 Å². The second kappa shape index (κ2) is 9.07. The van der Waals surface area contributed by atoms with E-state index in [1.54, 1.807) is 18.1 Å². The lowest BCUT2D eigenvalue weighted by atomic mass is 9.95. The van der Waals surface area contributed by atoms with Crippen LogP contribution < -0.4 is 11.1 Å². The number of aryl methyl sites for hydroxylation is 2. The average Bonchev–Trinajstić information content (AvgIpc) is 3.49. The van der Waals surface area contributed by atoms with E-state index in [-0.39, 0.29) is 5.96 Å². The number of nitrogens with zero attached hydrogens (tertiary/aromatic N) is 5. The number of carbonyl (C=O) groups excluding carboxylic acids is 2. The van der Waals surface area contributed by atoms with Crippen LogP contribution in [0.4, 0.5) is 0 Å². The number of aliphatic imine (C=N–C) groups is 1. The van der Waals surface area contributed by atoms with Gasteiger partial charge < -0.3 is 19.8 Å². The Morgan fingerprint density at radius 3 is 2.25 bits per heavy atom. The highest BCUT2D eigenvalue weighted by Gasteiger charge is 2.35. The lowest BCUT2D eigenvalue weighted by Crippen LogP contribution is -2.34. The third kappa shape index (κ3) is 3.79. The second-order valence-corrected chi connectivity index (χ2v) is 8.80. The lowest BCUT2D eigenvalue weighted by molar-refractivity contribution is -0.122. The number of nitrogens with two attached hydrogens (primary N) is 1. The van der Waals surface area contributed by atoms with Crippen molar-refractivity contribution in [3.8, 4) is 6.19 Å². The molecule has 0 saturated heterocycles. The Morgan fingerprint density at radius 1 is 1.00 bits per heavy atom. The van der Waals surface area contributed by atoms with Crippen molar-refractivity contribution >= 4 is 50.7 Å². The van der Waals surface area contributed by atoms with Gasteiger partial charge in [-0.05, 0) is 18.6 Å². The van der Waals surface area contributed by atoms with Crippen LogP contribution in [0.5, 0.6) is 0 Å². The Labute approximate surface area is 207 Å². The summed E-state index contributed by atoms with van der Waals surface area (Å²) in [5, 5.41) is 13.0. The van der Waals surface area contributed by atoms with E-state index >= 15 is 0 Å². The summed E-state index contributed by atoms with van der Waals surface area (Å²) in [6, 6.07) is 15.7. The Morgan fingerprint density at radius 2 is 1.58 bits per heavy atom. The van der Waals surface area contributed by atoms with Gasteiger partial charge in [-0.3, -0.25) is 14.9 Å². The van der Waals surface area contributed by atoms with E-state index in [9.17, 15) is 9.59 Å². The molecule has 4 aromatic rings. The summed E-state index contributed by atoms with van der Waals surface area (Å²) < 4.78 is 4.05. The van der Waals surface area contributed by atoms with Gasteiger partial charge in [-0.15, -0.1) is 4.99 Å². The number of rotatable bonds is 6. The molecule has 9 nitrogen and oxygen atoms in total. The van der Waals surface area contributed by atoms with Gasteiger partial charge in [-0.1, -0.05) is 36.4 Å². The van der Waals surface area contributed by atoms with Gasteiger partial charge in [-0.2, -0.15) is 5.26 Å². The number of hydrogen-bond acceptors (Lipinski definition) is 4. The van der Waals surface area contributed by atoms with Gasteiger partial charge in [0.15, 0.2) is 0 Å². The summed E-state index contributed by atoms with van der Waals surface area (Å²) in [6.45, 7) is 1.25. The van der Waals surface area contributed by atoms with Crippen molar-refractivity contribution < 1.29 is 9.59 Å². The highest BCUT2D eigenvalue weighted by Crippen LogP contribution is 2.38. The molecule has 3 heterocycles. The molecular weight excluding hydrogens is 454 g/mol. The largest absolute Gasteiger partial charge is 0.369 e. The summed E-state index contributed by atoms with van der Waals surface area (Å²) in [4.78, 5) is 31.5. The van der Waals surface area contributed by atoms with Gasteiger partial charge in [0.1, 0.15) is 0 Å². The van der Waals surface area contributed by atoms with Crippen LogP contribution in [0, 0.1) is 11.5 Å². The van der Waals surface area contributed by atoms with E-state index in [4.69, 9.17) is 11.0 Å². The minimum Gasteiger partial charge on any atom is -0.369 e. The summed E-state index contributed by atoms with van der Waals surface area (Å²) in [6.07, 6.45) is 6.27. The molecule has 36 heavy (non-hydrogen) atoms. The molecule has 1 aliphatic heterocycles. The van der Waals surface area contributed by atoms with E-state index in [0.29, 0.717) is 24.2 Å². The number of para-hydroxylation sites is 2. The predicted octanol–water partition coefficient (Wildman–Crippen LogP) is 2.82. The van der Waals surface area contributed by atoms with E-state index < -0.39 is 11.8 Å². The zero-order valence-electron chi connectivity index (χ0n) is 20.0. The summed E-state index contributed by atoms with van der Waals surface area (Å²) in [5.41, 5.74) is 9.96. The Balaban J connectivity index is 1.59. The smallest absolute Gasteiger partial charge is 0.259 e. The molecule has 0 atom stereocenters. The molecule has 2 aromatic carbocycles. The molecule has 180 valence electrons. The Kier molecular flexibility index (Phi) is 5.78. The van der Waals surface area contributed by atoms with Crippen molar-refractivity contribution in [2.45, 2.75) is 13.0 Å². The summed E-state index contributed by atoms with van der Waals surface area (Å²) in [7, 11) is 3.71. The van der Waals surface area contributed by atoms with Crippen LogP contribution in [0.1, 0.15) is 17.5 Å². The SMILES string of the molecule is CN(CCCn1cc(C2=C(c3cn(C)c4ccccc34)C(=O)NC2=O)c2ccccc21)C(N)=NC#N. The van der Waals surface area contributed by atoms with Gasteiger partial charge in [0.25, 0.3) is 11.8 Å². The van der Waals surface area contributed by atoms with Crippen molar-refractivity contribution in [2.75, 3.05) is 13.6 Å². The number of benzene rings is 2. The minimum atomic E-state index is -0.397. The van der Waals surface area contributed by atoms with Crippen LogP contribution >= 0.6 is 0 Å². The fraction of sp³-hybridized carbons (Fsp3) is 0.185. The maximum Gasteiger partial charge on any atom is 0.259 e. The zero-order valence-corrected chi connectivity index (χ0v) is 20.0. The van der Waals surface area contributed by atoms with Gasteiger partial charge >= 0.3 is 0 Å². The van der Waals surface area contributed by atoms with Crippen LogP contribution in [0.15, 0.2) is 65.9 Å². The molecule has 0 fully saturated rings. The molecule has 1 aliphatic rings. The van der Waals surface area contributed by atoms with Gasteiger partial charge in [0, 0.05) is 72.5 Å². The van der Waals surface area contributed by atoms with Crippen LogP contribution in [-0.2, 0) is 23.2 Å². The molecule has 2 aromatic heterocycles. The lowest BCUT2D eigenvalue weighted by Gasteiger charge is -2.17. The molecular formula is C27H25N7O2. The predicted molar refractivity (Wildman–Crippen MR) is 139 cm³/mol. The van der Waals surface area contributed by atoms with Crippen molar-refractivity contribution in [2.24, 2.45) is 17.8 Å². The van der Waals surface area contributed by atoms with Gasteiger partial charge in [-0.25, -0.2) is 0 Å². The van der Waals surface area contributed by atoms with Crippen LogP contribution in [0.3, 0.4) is 0 Å². The van der Waals surface area contributed by atoms with Crippen molar-refractivity contribution in [3.63, 3.8) is 0 Å². The molecule has 0 unspecified atom stereocenters. The van der Waals surface area contributed by atoms with Gasteiger partial charge in [0.05, 0.1) is 11.1 Å². The van der Waals surface area contributed by atoms with E-state index in [1.165, 1.54) is 0 Å². The molecule has 0 spiro atoms. The fourth-order valence-electron chi connectivity index (χ4n) is 4.87. The van der Waals surface area contributed by atoms with E-state index in [0.717, 1.165) is 39.4 Å². The number of imide groups is 1. The number of aromatic nitrogens is 2. The highest BCUT2D eigenvalue weighted by molar-refractivity contribution is 6.50. The number of nitrogens with one attached hydrogen (secondary N) is 1. The standard InChI is InChI=1S/C27H25N7O2/c1-32(27(29)30-16-28)12-7-13-34-15-20(18-9-4-6-11-22(18)34)24-23(25(35)31-26(24)36)19-14-33(2)21-10-5-3-8-17(19)21/h3-6,8-11,14-15H,7,12-13H2,1-2H3,(H2,29,30)(H,31,35,36). The van der Waals surface area contributed by atoms with Crippen molar-refractivity contribution in [1.82, 2.24) is 19.4 Å². The number of carbonyl (C=O) groups is 2. The molecule has 0 radical (unpaired) electrons. The summed E-state index contributed by atoms with van der Waals surface area (Å²) >= 11 is 0. The minimum absolute atomic E-state index is 0.168. The first kappa shape index (κ1) is 22.9. The maximum absolute atomic E-state index is 13.1. The number of hydrogen-bond donors (Lipinski definition) is 2. The molecule has 2 amide bonds. The van der Waals surface area contributed by atoms with E-state index in [2.05, 4.69) is 14.9 Å². The molecule has 9 heteroatoms. The number of fused-ring (bicyclic) bond motifs is 2. The monoisotopic (exact) mass is 479 g/mol. The number of amides is 2. The topological polar surface area (TPSA) is 121 Å². The summed E-state index contributed by atoms with van der Waals surface area (Å²) in [5.74, 6) is -0.621. The quantitative estimate of drug-likeness (QED) is 0.191. The molecule has 0 saturated carbocycles. The van der Waals surface area contributed by atoms with E-state index in [1.807, 2.05) is 72.5 Å². The second-order valence-electron chi connectivity index (χ2n) is 8.80. The first-order chi connectivity index (χ1) is 17.4. The molecule has 3 N–H and O–H groups in total. The Bertz CT molecular complexity index is 1630. The van der Waals surface area contributed by atoms with Gasteiger partial charge in [0.2, 0.25) is 12.2 Å². The zero-order chi connectivity index (χ0) is 25.4. The fourth-order valence-corrected chi connectivity index (χ4v) is 4.87. The molecule has 5 rings (SSSR count). The maximum atomic E-state index is 13.1. The molecule has 0 bridgehead atoms. The van der Waals surface area contributed by atoms with Crippen LogP contribution in [0.2, 0.25) is 0 Å². The third-order valence-corrected chi connectivity index (χ3v) is 6.60. The number of nitriles is 1. The molecule has 0 aliphatic carbocycles. The van der Waals surface area contributed by atoms with Crippen LogP contribution in [0.25, 0.3) is 33.0 Å². The van der Waals surface area contributed by atoms with Crippen LogP contribution in [-0.4, -0.2) is 45.4 Å². The normalized spacial score (nSPS) is 14.1. The van der Waals surface area contributed by atoms with Crippen molar-refractivity contribution in [1.29, 1.82) is 5.26 Å². The first-order valence-electron chi connectivity index (χ1n) is 11.6.